The summed E-state index contributed by atoms with van der Waals surface area (Å²) in [4.78, 5) is 7.23. The van der Waals surface area contributed by atoms with Gasteiger partial charge >= 0.3 is 0 Å². The number of fused-ring (bicyclic) bond motifs is 2. The molecule has 3 heterocycles. The molecule has 1 aromatic heterocycles. The molecule has 29 heavy (non-hydrogen) atoms. The molecule has 0 amide bonds. The first-order valence-electron chi connectivity index (χ1n) is 10.4. The van der Waals surface area contributed by atoms with Gasteiger partial charge in [-0.25, -0.2) is 4.98 Å². The molecule has 0 spiro atoms. The second-order valence-electron chi connectivity index (χ2n) is 8.45. The smallest absolute Gasteiger partial charge is 0.206 e. The average Bonchev–Trinajstić information content (AvgIpc) is 3.10. The van der Waals surface area contributed by atoms with Crippen molar-refractivity contribution < 1.29 is 9.47 Å². The maximum absolute atomic E-state index is 6.85. The Hall–Kier alpha value is -2.73. The second-order valence-corrected chi connectivity index (χ2v) is 8.45. The van der Waals surface area contributed by atoms with Gasteiger partial charge in [0, 0.05) is 20.1 Å². The number of hydrogen-bond acceptors (Lipinski definition) is 5. The number of aromatic nitrogens is 2. The third-order valence-corrected chi connectivity index (χ3v) is 6.62. The highest BCUT2D eigenvalue weighted by molar-refractivity contribution is 5.78. The number of rotatable bonds is 3. The van der Waals surface area contributed by atoms with E-state index >= 15 is 0 Å². The van der Waals surface area contributed by atoms with Crippen LogP contribution in [0.2, 0.25) is 0 Å². The van der Waals surface area contributed by atoms with Crippen LogP contribution in [-0.2, 0) is 7.05 Å². The molecule has 0 radical (unpaired) electrons. The molecule has 5 rings (SSSR count). The molecule has 2 aliphatic heterocycles. The zero-order chi connectivity index (χ0) is 20.0. The predicted octanol–water partition coefficient (Wildman–Crippen LogP) is 3.35. The minimum Gasteiger partial charge on any atom is -0.486 e. The summed E-state index contributed by atoms with van der Waals surface area (Å²) in [7, 11) is 2.09. The first kappa shape index (κ1) is 18.3. The van der Waals surface area contributed by atoms with Crippen molar-refractivity contribution in [2.24, 2.45) is 18.7 Å². The maximum Gasteiger partial charge on any atom is 0.206 e. The Morgan fingerprint density at radius 2 is 1.72 bits per heavy atom. The molecular formula is C23H28N4O2. The predicted molar refractivity (Wildman–Crippen MR) is 115 cm³/mol. The Kier molecular flexibility index (Phi) is 4.39. The first-order valence-corrected chi connectivity index (χ1v) is 10.4. The standard InChI is InChI=1S/C23H28N4O2/c1-23(24,21-15-28-19-9-5-6-10-20(19)29-21)16-11-13-27(14-12-16)22-25-17-7-3-4-8-18(17)26(22)2/h3-10,16,21H,11-15,24H2,1-2H3. The van der Waals surface area contributed by atoms with Crippen LogP contribution in [0, 0.1) is 5.92 Å². The summed E-state index contributed by atoms with van der Waals surface area (Å²) >= 11 is 0. The molecule has 2 atom stereocenters. The van der Waals surface area contributed by atoms with Crippen molar-refractivity contribution in [1.82, 2.24) is 9.55 Å². The van der Waals surface area contributed by atoms with Gasteiger partial charge in [-0.2, -0.15) is 0 Å². The molecule has 6 heteroatoms. The number of ether oxygens (including phenoxy) is 2. The van der Waals surface area contributed by atoms with E-state index in [1.807, 2.05) is 30.3 Å². The lowest BCUT2D eigenvalue weighted by Gasteiger charge is -2.45. The van der Waals surface area contributed by atoms with Gasteiger partial charge in [-0.15, -0.1) is 0 Å². The van der Waals surface area contributed by atoms with Gasteiger partial charge < -0.3 is 24.7 Å². The van der Waals surface area contributed by atoms with Gasteiger partial charge in [-0.3, -0.25) is 0 Å². The lowest BCUT2D eigenvalue weighted by Crippen LogP contribution is -2.61. The van der Waals surface area contributed by atoms with Crippen LogP contribution in [0.1, 0.15) is 19.8 Å². The number of para-hydroxylation sites is 4. The highest BCUT2D eigenvalue weighted by Gasteiger charge is 2.43. The number of hydrogen-bond donors (Lipinski definition) is 1. The molecule has 152 valence electrons. The van der Waals surface area contributed by atoms with E-state index in [0.29, 0.717) is 12.5 Å². The molecule has 2 aromatic carbocycles. The van der Waals surface area contributed by atoms with Crippen LogP contribution in [-0.4, -0.2) is 40.9 Å². The molecule has 6 nitrogen and oxygen atoms in total. The van der Waals surface area contributed by atoms with Crippen molar-refractivity contribution in [2.75, 3.05) is 24.6 Å². The summed E-state index contributed by atoms with van der Waals surface area (Å²) in [6.07, 6.45) is 1.87. The van der Waals surface area contributed by atoms with Gasteiger partial charge in [0.15, 0.2) is 17.6 Å². The van der Waals surface area contributed by atoms with E-state index in [0.717, 1.165) is 48.9 Å². The Balaban J connectivity index is 1.29. The molecule has 2 N–H and O–H groups in total. The van der Waals surface area contributed by atoms with Gasteiger partial charge in [0.1, 0.15) is 6.61 Å². The van der Waals surface area contributed by atoms with E-state index in [-0.39, 0.29) is 6.10 Å². The number of nitrogens with zero attached hydrogens (tertiary/aromatic N) is 3. The van der Waals surface area contributed by atoms with Crippen LogP contribution in [0.3, 0.4) is 0 Å². The largest absolute Gasteiger partial charge is 0.486 e. The van der Waals surface area contributed by atoms with Gasteiger partial charge in [0.05, 0.1) is 16.6 Å². The lowest BCUT2D eigenvalue weighted by atomic mass is 9.76. The number of benzene rings is 2. The Labute approximate surface area is 171 Å². The molecule has 0 aliphatic carbocycles. The molecule has 0 bridgehead atoms. The van der Waals surface area contributed by atoms with E-state index in [2.05, 4.69) is 41.6 Å². The minimum atomic E-state index is -0.452. The second kappa shape index (κ2) is 6.95. The molecule has 0 saturated carbocycles. The fourth-order valence-corrected chi connectivity index (χ4v) is 4.71. The van der Waals surface area contributed by atoms with E-state index in [1.165, 1.54) is 5.52 Å². The van der Waals surface area contributed by atoms with Crippen molar-refractivity contribution in [3.8, 4) is 11.5 Å². The topological polar surface area (TPSA) is 65.5 Å². The number of anilines is 1. The van der Waals surface area contributed by atoms with Crippen molar-refractivity contribution in [3.63, 3.8) is 0 Å². The normalized spacial score (nSPS) is 21.9. The fraction of sp³-hybridized carbons (Fsp3) is 0.435. The van der Waals surface area contributed by atoms with E-state index in [1.54, 1.807) is 0 Å². The van der Waals surface area contributed by atoms with Crippen LogP contribution >= 0.6 is 0 Å². The Morgan fingerprint density at radius 3 is 2.48 bits per heavy atom. The Bertz CT molecular complexity index is 1020. The van der Waals surface area contributed by atoms with Crippen LogP contribution < -0.4 is 20.1 Å². The SMILES string of the molecule is Cn1c(N2CCC(C(C)(N)C3COc4ccccc4O3)CC2)nc2ccccc21. The van der Waals surface area contributed by atoms with E-state index in [4.69, 9.17) is 20.2 Å². The average molecular weight is 393 g/mol. The fourth-order valence-electron chi connectivity index (χ4n) is 4.71. The highest BCUT2D eigenvalue weighted by Crippen LogP contribution is 2.38. The summed E-state index contributed by atoms with van der Waals surface area (Å²) in [5, 5.41) is 0. The Morgan fingerprint density at radius 1 is 1.03 bits per heavy atom. The van der Waals surface area contributed by atoms with E-state index < -0.39 is 5.54 Å². The zero-order valence-electron chi connectivity index (χ0n) is 17.0. The van der Waals surface area contributed by atoms with Crippen LogP contribution in [0.5, 0.6) is 11.5 Å². The third-order valence-electron chi connectivity index (χ3n) is 6.62. The van der Waals surface area contributed by atoms with Gasteiger partial charge in [0.25, 0.3) is 0 Å². The van der Waals surface area contributed by atoms with Gasteiger partial charge in [-0.05, 0) is 49.9 Å². The number of piperidine rings is 1. The molecule has 2 aliphatic rings. The van der Waals surface area contributed by atoms with Crippen molar-refractivity contribution >= 4 is 17.0 Å². The maximum atomic E-state index is 6.85. The molecule has 3 aromatic rings. The lowest BCUT2D eigenvalue weighted by molar-refractivity contribution is 0.00930. The number of aryl methyl sites for hydroxylation is 1. The highest BCUT2D eigenvalue weighted by atomic mass is 16.6. The molecule has 1 saturated heterocycles. The van der Waals surface area contributed by atoms with Crippen molar-refractivity contribution in [3.05, 3.63) is 48.5 Å². The van der Waals surface area contributed by atoms with Gasteiger partial charge in [-0.1, -0.05) is 24.3 Å². The number of imidazole rings is 1. The molecule has 2 unspecified atom stereocenters. The number of nitrogens with two attached hydrogens (primary N) is 1. The van der Waals surface area contributed by atoms with Crippen LogP contribution in [0.4, 0.5) is 5.95 Å². The van der Waals surface area contributed by atoms with Crippen LogP contribution in [0.25, 0.3) is 11.0 Å². The monoisotopic (exact) mass is 392 g/mol. The molecular weight excluding hydrogens is 364 g/mol. The first-order chi connectivity index (χ1) is 14.0. The minimum absolute atomic E-state index is 0.148. The van der Waals surface area contributed by atoms with Crippen molar-refractivity contribution in [1.29, 1.82) is 0 Å². The van der Waals surface area contributed by atoms with E-state index in [9.17, 15) is 0 Å². The quantitative estimate of drug-likeness (QED) is 0.741. The summed E-state index contributed by atoms with van der Waals surface area (Å²) in [5.74, 6) is 3.00. The zero-order valence-corrected chi connectivity index (χ0v) is 17.0. The third kappa shape index (κ3) is 3.12. The summed E-state index contributed by atoms with van der Waals surface area (Å²) in [5.41, 5.74) is 8.61. The van der Waals surface area contributed by atoms with Crippen LogP contribution in [0.15, 0.2) is 48.5 Å². The van der Waals surface area contributed by atoms with Gasteiger partial charge in [0.2, 0.25) is 5.95 Å². The summed E-state index contributed by atoms with van der Waals surface area (Å²) in [6, 6.07) is 16.1. The van der Waals surface area contributed by atoms with Crippen molar-refractivity contribution in [2.45, 2.75) is 31.4 Å². The summed E-state index contributed by atoms with van der Waals surface area (Å²) < 4.78 is 14.4. The molecule has 1 fully saturated rings. The summed E-state index contributed by atoms with van der Waals surface area (Å²) in [6.45, 7) is 4.50.